The van der Waals surface area contributed by atoms with Crippen LogP contribution in [-0.2, 0) is 4.79 Å². The maximum absolute atomic E-state index is 11.9. The van der Waals surface area contributed by atoms with Gasteiger partial charge in [-0.05, 0) is 34.8 Å². The number of anilines is 1. The summed E-state index contributed by atoms with van der Waals surface area (Å²) in [5.41, 5.74) is 5.24. The smallest absolute Gasteiger partial charge is 0.324 e. The summed E-state index contributed by atoms with van der Waals surface area (Å²) in [6, 6.07) is 3.15. The Morgan fingerprint density at radius 3 is 2.56 bits per heavy atom. The van der Waals surface area contributed by atoms with Crippen LogP contribution in [0.2, 0.25) is 0 Å². The number of likely N-dealkylation sites (tertiary alicyclic amines) is 1. The zero-order chi connectivity index (χ0) is 13.1. The van der Waals surface area contributed by atoms with E-state index in [4.69, 9.17) is 10.2 Å². The highest BCUT2D eigenvalue weighted by atomic mass is 79.9. The number of urea groups is 1. The molecule has 18 heavy (non-hydrogen) atoms. The second-order valence-corrected chi connectivity index (χ2v) is 4.98. The lowest BCUT2D eigenvalue weighted by atomic mass is 9.96. The van der Waals surface area contributed by atoms with E-state index in [0.717, 1.165) is 0 Å². The normalized spacial score (nSPS) is 16.6. The van der Waals surface area contributed by atoms with E-state index in [-0.39, 0.29) is 17.9 Å². The van der Waals surface area contributed by atoms with Crippen LogP contribution in [0.4, 0.5) is 10.7 Å². The molecule has 2 rings (SSSR count). The van der Waals surface area contributed by atoms with Crippen LogP contribution in [0.3, 0.4) is 0 Å². The van der Waals surface area contributed by atoms with Crippen LogP contribution in [0.15, 0.2) is 21.2 Å². The maximum Gasteiger partial charge on any atom is 0.324 e. The summed E-state index contributed by atoms with van der Waals surface area (Å²) < 4.78 is 5.75. The van der Waals surface area contributed by atoms with Crippen molar-refractivity contribution in [1.82, 2.24) is 4.90 Å². The molecular formula is C11H14BrN3O3. The van der Waals surface area contributed by atoms with Crippen molar-refractivity contribution in [3.8, 4) is 0 Å². The monoisotopic (exact) mass is 315 g/mol. The number of carbonyl (C=O) groups excluding carboxylic acids is 2. The number of amides is 3. The number of piperidine rings is 1. The first-order valence-corrected chi connectivity index (χ1v) is 6.46. The van der Waals surface area contributed by atoms with Crippen molar-refractivity contribution >= 4 is 33.8 Å². The highest BCUT2D eigenvalue weighted by Gasteiger charge is 2.26. The minimum absolute atomic E-state index is 0.119. The molecule has 0 aliphatic carbocycles. The van der Waals surface area contributed by atoms with Crippen LogP contribution in [0.5, 0.6) is 0 Å². The van der Waals surface area contributed by atoms with Gasteiger partial charge in [-0.1, -0.05) is 0 Å². The number of rotatable bonds is 2. The summed E-state index contributed by atoms with van der Waals surface area (Å²) in [4.78, 5) is 24.5. The Labute approximate surface area is 113 Å². The summed E-state index contributed by atoms with van der Waals surface area (Å²) >= 11 is 3.16. The van der Waals surface area contributed by atoms with Crippen molar-refractivity contribution in [1.29, 1.82) is 0 Å². The summed E-state index contributed by atoms with van der Waals surface area (Å²) in [6.45, 7) is 1.06. The van der Waals surface area contributed by atoms with E-state index in [2.05, 4.69) is 21.2 Å². The lowest BCUT2D eigenvalue weighted by molar-refractivity contribution is -0.122. The third kappa shape index (κ3) is 3.04. The van der Waals surface area contributed by atoms with Gasteiger partial charge in [-0.3, -0.25) is 10.1 Å². The van der Waals surface area contributed by atoms with Gasteiger partial charge in [0.2, 0.25) is 11.8 Å². The van der Waals surface area contributed by atoms with Crippen LogP contribution in [0, 0.1) is 5.92 Å². The fourth-order valence-electron chi connectivity index (χ4n) is 1.93. The molecule has 0 bridgehead atoms. The van der Waals surface area contributed by atoms with E-state index in [9.17, 15) is 9.59 Å². The van der Waals surface area contributed by atoms with Gasteiger partial charge in [0, 0.05) is 25.1 Å². The molecule has 0 spiro atoms. The largest absolute Gasteiger partial charge is 0.434 e. The van der Waals surface area contributed by atoms with Crippen LogP contribution in [0.1, 0.15) is 12.8 Å². The fraction of sp³-hybridized carbons (Fsp3) is 0.455. The Bertz CT molecular complexity index is 452. The lowest BCUT2D eigenvalue weighted by Gasteiger charge is -2.30. The Morgan fingerprint density at radius 1 is 1.39 bits per heavy atom. The molecule has 1 aromatic heterocycles. The molecule has 1 fully saturated rings. The van der Waals surface area contributed by atoms with E-state index < -0.39 is 0 Å². The molecule has 0 aromatic carbocycles. The van der Waals surface area contributed by atoms with E-state index >= 15 is 0 Å². The first kappa shape index (κ1) is 12.9. The van der Waals surface area contributed by atoms with E-state index in [1.807, 2.05) is 0 Å². The van der Waals surface area contributed by atoms with Gasteiger partial charge in [-0.25, -0.2) is 4.79 Å². The SMILES string of the molecule is NC(=O)C1CCN(C(=O)Nc2ccc(Br)o2)CC1. The molecule has 1 saturated heterocycles. The molecule has 1 aromatic rings. The Hall–Kier alpha value is -1.50. The van der Waals surface area contributed by atoms with Gasteiger partial charge in [0.1, 0.15) is 0 Å². The van der Waals surface area contributed by atoms with Gasteiger partial charge in [0.05, 0.1) is 0 Å². The number of hydrogen-bond acceptors (Lipinski definition) is 3. The third-order valence-electron chi connectivity index (χ3n) is 2.99. The average molecular weight is 316 g/mol. The summed E-state index contributed by atoms with van der Waals surface area (Å²) in [7, 11) is 0. The predicted octanol–water partition coefficient (Wildman–Crippen LogP) is 1.77. The number of nitrogens with one attached hydrogen (secondary N) is 1. The van der Waals surface area contributed by atoms with Gasteiger partial charge in [-0.15, -0.1) is 0 Å². The van der Waals surface area contributed by atoms with Crippen molar-refractivity contribution in [2.75, 3.05) is 18.4 Å². The molecule has 7 heteroatoms. The minimum atomic E-state index is -0.287. The van der Waals surface area contributed by atoms with Crippen molar-refractivity contribution < 1.29 is 14.0 Å². The molecule has 3 N–H and O–H groups in total. The molecule has 3 amide bonds. The lowest BCUT2D eigenvalue weighted by Crippen LogP contribution is -2.43. The van der Waals surface area contributed by atoms with Crippen molar-refractivity contribution in [2.45, 2.75) is 12.8 Å². The number of primary amides is 1. The van der Waals surface area contributed by atoms with Gasteiger partial charge in [0.25, 0.3) is 0 Å². The molecule has 0 atom stereocenters. The van der Waals surface area contributed by atoms with Gasteiger partial charge >= 0.3 is 6.03 Å². The highest BCUT2D eigenvalue weighted by molar-refractivity contribution is 9.10. The van der Waals surface area contributed by atoms with Gasteiger partial charge < -0.3 is 15.1 Å². The maximum atomic E-state index is 11.9. The van der Waals surface area contributed by atoms with Crippen LogP contribution < -0.4 is 11.1 Å². The first-order valence-electron chi connectivity index (χ1n) is 5.67. The first-order chi connectivity index (χ1) is 8.56. The second-order valence-electron chi connectivity index (χ2n) is 4.20. The molecule has 0 unspecified atom stereocenters. The number of carbonyl (C=O) groups is 2. The number of nitrogens with zero attached hydrogens (tertiary/aromatic N) is 1. The average Bonchev–Trinajstić information content (AvgIpc) is 2.75. The minimum Gasteiger partial charge on any atom is -0.434 e. The molecule has 2 heterocycles. The number of hydrogen-bond donors (Lipinski definition) is 2. The Balaban J connectivity index is 1.86. The van der Waals surface area contributed by atoms with Crippen molar-refractivity contribution in [3.63, 3.8) is 0 Å². The summed E-state index contributed by atoms with van der Waals surface area (Å²) in [6.07, 6.45) is 1.23. The number of halogens is 1. The quantitative estimate of drug-likeness (QED) is 0.871. The topological polar surface area (TPSA) is 88.6 Å². The van der Waals surface area contributed by atoms with Crippen molar-refractivity contribution in [2.24, 2.45) is 11.7 Å². The van der Waals surface area contributed by atoms with Crippen LogP contribution in [0.25, 0.3) is 0 Å². The molecule has 6 nitrogen and oxygen atoms in total. The number of furan rings is 1. The standard InChI is InChI=1S/C11H14BrN3O3/c12-8-1-2-9(18-8)14-11(17)15-5-3-7(4-6-15)10(13)16/h1-2,7H,3-6H2,(H2,13,16)(H,14,17). The summed E-state index contributed by atoms with van der Waals surface area (Å²) in [5.74, 6) is -0.0132. The molecular weight excluding hydrogens is 302 g/mol. The number of nitrogens with two attached hydrogens (primary N) is 1. The van der Waals surface area contributed by atoms with Gasteiger partial charge in [0.15, 0.2) is 4.67 Å². The molecule has 0 radical (unpaired) electrons. The van der Waals surface area contributed by atoms with E-state index in [1.54, 1.807) is 17.0 Å². The predicted molar refractivity (Wildman–Crippen MR) is 68.9 cm³/mol. The third-order valence-corrected chi connectivity index (χ3v) is 3.41. The fourth-order valence-corrected chi connectivity index (χ4v) is 2.24. The molecule has 0 saturated carbocycles. The van der Waals surface area contributed by atoms with Gasteiger partial charge in [-0.2, -0.15) is 0 Å². The zero-order valence-corrected chi connectivity index (χ0v) is 11.3. The van der Waals surface area contributed by atoms with Crippen molar-refractivity contribution in [3.05, 3.63) is 16.8 Å². The molecule has 98 valence electrons. The van der Waals surface area contributed by atoms with Crippen LogP contribution >= 0.6 is 15.9 Å². The molecule has 1 aliphatic rings. The Morgan fingerprint density at radius 2 is 2.06 bits per heavy atom. The Kier molecular flexibility index (Phi) is 3.90. The van der Waals surface area contributed by atoms with Crippen LogP contribution in [-0.4, -0.2) is 29.9 Å². The van der Waals surface area contributed by atoms with E-state index in [1.165, 1.54) is 0 Å². The highest BCUT2D eigenvalue weighted by Crippen LogP contribution is 2.20. The zero-order valence-electron chi connectivity index (χ0n) is 9.69. The summed E-state index contributed by atoms with van der Waals surface area (Å²) in [5, 5.41) is 2.65. The molecule has 1 aliphatic heterocycles. The van der Waals surface area contributed by atoms with E-state index in [0.29, 0.717) is 36.5 Å². The second kappa shape index (κ2) is 5.43.